The average molecular weight is 1110 g/mol. The lowest BCUT2D eigenvalue weighted by Crippen LogP contribution is -2.30. The van der Waals surface area contributed by atoms with E-state index in [0.717, 1.165) is 103 Å². The molecule has 78 heavy (non-hydrogen) atoms. The molecule has 0 heterocycles. The van der Waals surface area contributed by atoms with Gasteiger partial charge in [-0.25, -0.2) is 4.57 Å². The third kappa shape index (κ3) is 56.8. The molecule has 0 bridgehead atoms. The third-order valence-electron chi connectivity index (χ3n) is 12.7. The highest BCUT2D eigenvalue weighted by atomic mass is 31.2. The van der Waals surface area contributed by atoms with Gasteiger partial charge in [0.05, 0.1) is 26.2 Å². The van der Waals surface area contributed by atoms with Crippen molar-refractivity contribution in [2.24, 2.45) is 0 Å². The zero-order valence-electron chi connectivity index (χ0n) is 49.3. The molecule has 0 aromatic carbocycles. The number of unbranched alkanes of at least 4 members (excludes halogenated alkanes) is 22. The molecule has 3 unspecified atom stereocenters. The molecular weight excluding hydrogens is 1000 g/mol. The number of ether oxygens (including phenoxy) is 3. The lowest BCUT2D eigenvalue weighted by molar-refractivity contribution is -0.161. The molecule has 0 saturated heterocycles. The number of phosphoric ester groups is 1. The minimum Gasteiger partial charge on any atom is -0.461 e. The van der Waals surface area contributed by atoms with Gasteiger partial charge in [0.15, 0.2) is 6.10 Å². The maximum Gasteiger partial charge on any atom is 0.472 e. The van der Waals surface area contributed by atoms with E-state index in [2.05, 4.69) is 112 Å². The first-order valence-electron chi connectivity index (χ1n) is 30.8. The van der Waals surface area contributed by atoms with Crippen molar-refractivity contribution < 1.29 is 52.2 Å². The Morgan fingerprint density at radius 3 is 1.13 bits per heavy atom. The van der Waals surface area contributed by atoms with Gasteiger partial charge in [-0.1, -0.05) is 233 Å². The van der Waals surface area contributed by atoms with Crippen molar-refractivity contribution in [2.75, 3.05) is 26.4 Å². The molecule has 0 aliphatic rings. The van der Waals surface area contributed by atoms with Crippen molar-refractivity contribution in [3.8, 4) is 0 Å². The number of carbonyl (C=O) groups is 3. The van der Waals surface area contributed by atoms with Crippen LogP contribution in [0.4, 0.5) is 0 Å². The lowest BCUT2D eigenvalue weighted by atomic mass is 10.1. The van der Waals surface area contributed by atoms with Gasteiger partial charge < -0.3 is 24.2 Å². The van der Waals surface area contributed by atoms with Crippen LogP contribution in [0.25, 0.3) is 0 Å². The summed E-state index contributed by atoms with van der Waals surface area (Å²) in [5.74, 6) is -1.64. The number of aliphatic hydroxyl groups is 1. The summed E-state index contributed by atoms with van der Waals surface area (Å²) in [4.78, 5) is 48.6. The molecule has 0 rings (SSSR count). The monoisotopic (exact) mass is 1110 g/mol. The topological polar surface area (TPSA) is 155 Å². The van der Waals surface area contributed by atoms with Gasteiger partial charge >= 0.3 is 25.7 Å². The molecule has 0 aromatic rings. The van der Waals surface area contributed by atoms with Crippen molar-refractivity contribution in [1.82, 2.24) is 0 Å². The quantitative estimate of drug-likeness (QED) is 0.0197. The molecule has 2 N–H and O–H groups in total. The molecule has 446 valence electrons. The Morgan fingerprint density at radius 1 is 0.385 bits per heavy atom. The SMILES string of the molecule is CC/C=C\C/C=C\C/C=C\C/C=C\C/C=C\CC(=O)OCC(COP(=O)(O)OCC(CO)OC(=O)CCCCCCCCC/C=C\CCCCCCCC)OC(=O)CCCCCCCC/C=C\C/C=C\C/C=C\CCCCC. The maximum atomic E-state index is 12.9. The molecule has 0 saturated carbocycles. The highest BCUT2D eigenvalue weighted by molar-refractivity contribution is 7.47. The molecule has 0 radical (unpaired) electrons. The summed E-state index contributed by atoms with van der Waals surface area (Å²) < 4.78 is 39.5. The summed E-state index contributed by atoms with van der Waals surface area (Å²) in [5, 5.41) is 9.84. The van der Waals surface area contributed by atoms with E-state index in [0.29, 0.717) is 19.3 Å². The van der Waals surface area contributed by atoms with Crippen LogP contribution in [0.15, 0.2) is 109 Å². The van der Waals surface area contributed by atoms with Crippen LogP contribution in [0.1, 0.15) is 252 Å². The van der Waals surface area contributed by atoms with Gasteiger partial charge in [0.25, 0.3) is 0 Å². The number of carbonyl (C=O) groups excluding carboxylic acids is 3. The first-order chi connectivity index (χ1) is 38.2. The number of esters is 3. The highest BCUT2D eigenvalue weighted by Crippen LogP contribution is 2.43. The molecule has 0 spiro atoms. The van der Waals surface area contributed by atoms with Crippen LogP contribution in [0.2, 0.25) is 0 Å². The number of rotatable bonds is 56. The van der Waals surface area contributed by atoms with Crippen molar-refractivity contribution in [3.05, 3.63) is 109 Å². The predicted molar refractivity (Wildman–Crippen MR) is 325 cm³/mol. The van der Waals surface area contributed by atoms with Crippen LogP contribution < -0.4 is 0 Å². The number of phosphoric acid groups is 1. The van der Waals surface area contributed by atoms with Gasteiger partial charge in [0, 0.05) is 12.8 Å². The molecule has 0 fully saturated rings. The fourth-order valence-corrected chi connectivity index (χ4v) is 8.80. The Labute approximate surface area is 475 Å². The summed E-state index contributed by atoms with van der Waals surface area (Å²) in [6.45, 7) is 4.38. The summed E-state index contributed by atoms with van der Waals surface area (Å²) in [7, 11) is -4.78. The number of aliphatic hydroxyl groups excluding tert-OH is 1. The van der Waals surface area contributed by atoms with Crippen LogP contribution in [0.3, 0.4) is 0 Å². The van der Waals surface area contributed by atoms with Crippen LogP contribution in [-0.4, -0.2) is 66.5 Å². The van der Waals surface area contributed by atoms with E-state index in [1.165, 1.54) is 89.9 Å². The summed E-state index contributed by atoms with van der Waals surface area (Å²) in [6, 6.07) is 0. The van der Waals surface area contributed by atoms with Crippen molar-refractivity contribution >= 4 is 25.7 Å². The fraction of sp³-hybridized carbons (Fsp3) is 0.682. The van der Waals surface area contributed by atoms with E-state index in [1.54, 1.807) is 6.08 Å². The van der Waals surface area contributed by atoms with E-state index in [-0.39, 0.29) is 19.3 Å². The largest absolute Gasteiger partial charge is 0.472 e. The Kier molecular flexibility index (Phi) is 56.3. The van der Waals surface area contributed by atoms with Gasteiger partial charge in [-0.05, 0) is 109 Å². The lowest BCUT2D eigenvalue weighted by Gasteiger charge is -2.21. The summed E-state index contributed by atoms with van der Waals surface area (Å²) in [5.41, 5.74) is 0. The highest BCUT2D eigenvalue weighted by Gasteiger charge is 2.28. The number of hydrogen-bond donors (Lipinski definition) is 2. The number of hydrogen-bond acceptors (Lipinski definition) is 10. The molecule has 0 aliphatic carbocycles. The third-order valence-corrected chi connectivity index (χ3v) is 13.6. The van der Waals surface area contributed by atoms with E-state index < -0.39 is 64.4 Å². The number of allylic oxidation sites excluding steroid dienone is 17. The average Bonchev–Trinajstić information content (AvgIpc) is 3.43. The minimum absolute atomic E-state index is 0.0133. The predicted octanol–water partition coefficient (Wildman–Crippen LogP) is 18.6. The van der Waals surface area contributed by atoms with Gasteiger partial charge in [-0.15, -0.1) is 0 Å². The second kappa shape index (κ2) is 59.3. The first kappa shape index (κ1) is 74.1. The van der Waals surface area contributed by atoms with Crippen LogP contribution >= 0.6 is 7.82 Å². The van der Waals surface area contributed by atoms with E-state index in [9.17, 15) is 28.9 Å². The summed E-state index contributed by atoms with van der Waals surface area (Å²) >= 11 is 0. The molecule has 0 aromatic heterocycles. The van der Waals surface area contributed by atoms with Gasteiger partial charge in [-0.3, -0.25) is 23.4 Å². The van der Waals surface area contributed by atoms with Crippen molar-refractivity contribution in [2.45, 2.75) is 264 Å². The molecule has 0 amide bonds. The molecule has 11 nitrogen and oxygen atoms in total. The Bertz CT molecular complexity index is 1720. The van der Waals surface area contributed by atoms with Gasteiger partial charge in [0.1, 0.15) is 12.7 Å². The Hall–Kier alpha value is -3.86. The normalized spacial score (nSPS) is 14.1. The second-order valence-corrected chi connectivity index (χ2v) is 21.6. The first-order valence-corrected chi connectivity index (χ1v) is 32.3. The summed E-state index contributed by atoms with van der Waals surface area (Å²) in [6.07, 6.45) is 72.1. The van der Waals surface area contributed by atoms with Gasteiger partial charge in [0.2, 0.25) is 0 Å². The molecule has 3 atom stereocenters. The second-order valence-electron chi connectivity index (χ2n) is 20.1. The van der Waals surface area contributed by atoms with Crippen LogP contribution in [-0.2, 0) is 42.2 Å². The Morgan fingerprint density at radius 2 is 0.705 bits per heavy atom. The van der Waals surface area contributed by atoms with E-state index in [4.69, 9.17) is 23.3 Å². The van der Waals surface area contributed by atoms with E-state index in [1.807, 2.05) is 12.2 Å². The molecular formula is C66H111O11P. The van der Waals surface area contributed by atoms with Gasteiger partial charge in [-0.2, -0.15) is 0 Å². The zero-order valence-corrected chi connectivity index (χ0v) is 50.2. The van der Waals surface area contributed by atoms with Crippen LogP contribution in [0, 0.1) is 0 Å². The molecule has 12 heteroatoms. The molecule has 0 aliphatic heterocycles. The van der Waals surface area contributed by atoms with Crippen LogP contribution in [0.5, 0.6) is 0 Å². The zero-order chi connectivity index (χ0) is 56.9. The Balaban J connectivity index is 4.82. The smallest absolute Gasteiger partial charge is 0.461 e. The maximum absolute atomic E-state index is 12.9. The van der Waals surface area contributed by atoms with Crippen molar-refractivity contribution in [1.29, 1.82) is 0 Å². The van der Waals surface area contributed by atoms with E-state index >= 15 is 0 Å². The fourth-order valence-electron chi connectivity index (χ4n) is 8.02. The minimum atomic E-state index is -4.78. The van der Waals surface area contributed by atoms with Crippen molar-refractivity contribution in [3.63, 3.8) is 0 Å². The standard InChI is InChI=1S/C66H111O11P/c1-4-7-10-13-16-19-22-25-28-30-31-33-36-39-42-45-48-51-54-57-66(70)77-63(59-73-64(68)55-52-49-46-43-40-37-34-27-24-21-18-15-12-9-6-3)61-75-78(71,72)74-60-62(58-67)76-65(69)56-53-50-47-44-41-38-35-32-29-26-23-20-17-14-11-8-5-2/h9,12,16,18-19,21,25-29,31,33-34,40,43,49,52,62-63,67H,4-8,10-11,13-15,17,20,22-24,30,32,35-39,41-42,44-48,50-51,53-61H2,1-3H3,(H,71,72)/b12-9-,19-16-,21-18-,28-25-,29-26-,33-31-,34-27-,43-40-,52-49-.